The zero-order valence-corrected chi connectivity index (χ0v) is 13.9. The van der Waals surface area contributed by atoms with Crippen LogP contribution in [0.25, 0.3) is 22.1 Å². The van der Waals surface area contributed by atoms with Crippen molar-refractivity contribution in [1.29, 1.82) is 0 Å². The Labute approximate surface area is 139 Å². The van der Waals surface area contributed by atoms with E-state index in [9.17, 15) is 4.79 Å². The maximum atomic E-state index is 12.7. The van der Waals surface area contributed by atoms with E-state index in [1.54, 1.807) is 18.2 Å². The maximum Gasteiger partial charge on any atom is 0.200 e. The topological polar surface area (TPSA) is 30.2 Å². The fourth-order valence-corrected chi connectivity index (χ4v) is 2.60. The van der Waals surface area contributed by atoms with Crippen LogP contribution in [-0.2, 0) is 4.75 Å². The number of benzene rings is 2. The molecule has 112 valence electrons. The standard InChI is InChI=1S/C18H15ClO2S/c1-18(2,22)12-5-8-14-16(9-12)21-10-15(17(14)20)11-3-6-13(19)7-4-11/h3-10,22H,1-2H3. The molecule has 0 aliphatic carbocycles. The third kappa shape index (κ3) is 2.79. The van der Waals surface area contributed by atoms with Gasteiger partial charge in [-0.2, -0.15) is 12.6 Å². The van der Waals surface area contributed by atoms with Gasteiger partial charge >= 0.3 is 0 Å². The summed E-state index contributed by atoms with van der Waals surface area (Å²) in [6.07, 6.45) is 1.50. The van der Waals surface area contributed by atoms with E-state index < -0.39 is 0 Å². The van der Waals surface area contributed by atoms with Crippen LogP contribution in [0, 0.1) is 0 Å². The van der Waals surface area contributed by atoms with Gasteiger partial charge in [-0.25, -0.2) is 0 Å². The van der Waals surface area contributed by atoms with E-state index in [1.807, 2.05) is 38.1 Å². The van der Waals surface area contributed by atoms with Gasteiger partial charge in [-0.05, 0) is 49.2 Å². The summed E-state index contributed by atoms with van der Waals surface area (Å²) in [4.78, 5) is 12.7. The molecule has 2 nitrogen and oxygen atoms in total. The summed E-state index contributed by atoms with van der Waals surface area (Å²) in [7, 11) is 0. The third-order valence-electron chi connectivity index (χ3n) is 3.64. The lowest BCUT2D eigenvalue weighted by molar-refractivity contribution is 0.603. The van der Waals surface area contributed by atoms with Crippen molar-refractivity contribution in [2.45, 2.75) is 18.6 Å². The third-order valence-corrected chi connectivity index (χ3v) is 4.15. The van der Waals surface area contributed by atoms with Gasteiger partial charge in [-0.15, -0.1) is 0 Å². The van der Waals surface area contributed by atoms with Gasteiger partial charge in [-0.1, -0.05) is 29.8 Å². The molecule has 0 aliphatic rings. The molecule has 3 rings (SSSR count). The van der Waals surface area contributed by atoms with Gasteiger partial charge in [0.25, 0.3) is 0 Å². The molecule has 0 bridgehead atoms. The van der Waals surface area contributed by atoms with E-state index >= 15 is 0 Å². The molecule has 2 aromatic carbocycles. The highest BCUT2D eigenvalue weighted by Crippen LogP contribution is 2.30. The lowest BCUT2D eigenvalue weighted by atomic mass is 9.99. The summed E-state index contributed by atoms with van der Waals surface area (Å²) in [5, 5.41) is 1.20. The lowest BCUT2D eigenvalue weighted by Crippen LogP contribution is -2.09. The second kappa shape index (κ2) is 5.49. The molecule has 0 fully saturated rings. The SMILES string of the molecule is CC(C)(S)c1ccc2c(=O)c(-c3ccc(Cl)cc3)coc2c1. The average Bonchev–Trinajstić information content (AvgIpc) is 2.48. The summed E-state index contributed by atoms with van der Waals surface area (Å²) >= 11 is 10.4. The smallest absolute Gasteiger partial charge is 0.200 e. The molecule has 0 aliphatic heterocycles. The zero-order valence-electron chi connectivity index (χ0n) is 12.3. The number of halogens is 1. The Bertz CT molecular complexity index is 890. The van der Waals surface area contributed by atoms with Crippen LogP contribution in [-0.4, -0.2) is 0 Å². The first-order chi connectivity index (χ1) is 10.4. The summed E-state index contributed by atoms with van der Waals surface area (Å²) in [6.45, 7) is 3.99. The first-order valence-electron chi connectivity index (χ1n) is 6.90. The van der Waals surface area contributed by atoms with Gasteiger partial charge in [-0.3, -0.25) is 4.79 Å². The molecule has 1 aromatic heterocycles. The van der Waals surface area contributed by atoms with E-state index in [1.165, 1.54) is 6.26 Å². The molecule has 4 heteroatoms. The van der Waals surface area contributed by atoms with Crippen LogP contribution in [0.5, 0.6) is 0 Å². The Morgan fingerprint density at radius 3 is 2.41 bits per heavy atom. The van der Waals surface area contributed by atoms with Crippen molar-refractivity contribution >= 4 is 35.2 Å². The number of hydrogen-bond donors (Lipinski definition) is 1. The maximum absolute atomic E-state index is 12.7. The fourth-order valence-electron chi connectivity index (χ4n) is 2.34. The van der Waals surface area contributed by atoms with Crippen LogP contribution in [0.3, 0.4) is 0 Å². The Morgan fingerprint density at radius 1 is 1.09 bits per heavy atom. The Morgan fingerprint density at radius 2 is 1.77 bits per heavy atom. The Hall–Kier alpha value is -1.71. The van der Waals surface area contributed by atoms with Gasteiger partial charge in [0, 0.05) is 9.77 Å². The zero-order chi connectivity index (χ0) is 15.9. The Balaban J connectivity index is 2.18. The summed E-state index contributed by atoms with van der Waals surface area (Å²) in [6, 6.07) is 12.7. The highest BCUT2D eigenvalue weighted by molar-refractivity contribution is 7.81. The minimum atomic E-state index is -0.290. The van der Waals surface area contributed by atoms with E-state index in [-0.39, 0.29) is 10.2 Å². The van der Waals surface area contributed by atoms with E-state index in [4.69, 9.17) is 16.0 Å². The predicted molar refractivity (Wildman–Crippen MR) is 94.9 cm³/mol. The minimum absolute atomic E-state index is 0.0490. The van der Waals surface area contributed by atoms with Crippen LogP contribution in [0.2, 0.25) is 5.02 Å². The van der Waals surface area contributed by atoms with Crippen molar-refractivity contribution in [3.63, 3.8) is 0 Å². The van der Waals surface area contributed by atoms with Gasteiger partial charge in [0.05, 0.1) is 10.9 Å². The average molecular weight is 331 g/mol. The van der Waals surface area contributed by atoms with Gasteiger partial charge in [0.2, 0.25) is 0 Å². The number of fused-ring (bicyclic) bond motifs is 1. The van der Waals surface area contributed by atoms with Crippen molar-refractivity contribution in [1.82, 2.24) is 0 Å². The molecule has 0 N–H and O–H groups in total. The van der Waals surface area contributed by atoms with E-state index in [0.29, 0.717) is 21.6 Å². The molecule has 0 unspecified atom stereocenters. The second-order valence-electron chi connectivity index (χ2n) is 5.76. The van der Waals surface area contributed by atoms with Crippen LogP contribution in [0.15, 0.2) is 57.9 Å². The molecule has 1 heterocycles. The first kappa shape index (κ1) is 15.2. The highest BCUT2D eigenvalue weighted by Gasteiger charge is 2.17. The Kier molecular flexibility index (Phi) is 3.79. The second-order valence-corrected chi connectivity index (χ2v) is 7.31. The van der Waals surface area contributed by atoms with Gasteiger partial charge < -0.3 is 4.42 Å². The highest BCUT2D eigenvalue weighted by atomic mass is 35.5. The van der Waals surface area contributed by atoms with Crippen molar-refractivity contribution in [2.24, 2.45) is 0 Å². The molecule has 0 spiro atoms. The van der Waals surface area contributed by atoms with Crippen LogP contribution < -0.4 is 5.43 Å². The van der Waals surface area contributed by atoms with Crippen molar-refractivity contribution < 1.29 is 4.42 Å². The van der Waals surface area contributed by atoms with Crippen LogP contribution >= 0.6 is 24.2 Å². The van der Waals surface area contributed by atoms with Crippen LogP contribution in [0.4, 0.5) is 0 Å². The number of thiol groups is 1. The van der Waals surface area contributed by atoms with Crippen molar-refractivity contribution in [2.75, 3.05) is 0 Å². The van der Waals surface area contributed by atoms with Crippen molar-refractivity contribution in [3.05, 3.63) is 69.5 Å². The fraction of sp³-hybridized carbons (Fsp3) is 0.167. The molecule has 0 atom stereocenters. The molecular weight excluding hydrogens is 316 g/mol. The summed E-state index contributed by atoms with van der Waals surface area (Å²) in [5.74, 6) is 0. The van der Waals surface area contributed by atoms with Gasteiger partial charge in [0.15, 0.2) is 5.43 Å². The minimum Gasteiger partial charge on any atom is -0.463 e. The summed E-state index contributed by atoms with van der Waals surface area (Å²) in [5.41, 5.74) is 2.85. The van der Waals surface area contributed by atoms with Crippen LogP contribution in [0.1, 0.15) is 19.4 Å². The molecule has 0 radical (unpaired) electrons. The molecule has 0 saturated carbocycles. The molecule has 3 aromatic rings. The van der Waals surface area contributed by atoms with Crippen molar-refractivity contribution in [3.8, 4) is 11.1 Å². The summed E-state index contributed by atoms with van der Waals surface area (Å²) < 4.78 is 5.39. The quantitative estimate of drug-likeness (QED) is 0.648. The molecule has 0 amide bonds. The lowest BCUT2D eigenvalue weighted by Gasteiger charge is -2.18. The van der Waals surface area contributed by atoms with E-state index in [0.717, 1.165) is 11.1 Å². The predicted octanol–water partition coefficient (Wildman–Crippen LogP) is 5.28. The van der Waals surface area contributed by atoms with E-state index in [2.05, 4.69) is 12.6 Å². The number of hydrogen-bond acceptors (Lipinski definition) is 3. The largest absolute Gasteiger partial charge is 0.463 e. The number of rotatable bonds is 2. The monoisotopic (exact) mass is 330 g/mol. The molecular formula is C18H15ClO2S. The molecule has 0 saturated heterocycles. The first-order valence-corrected chi connectivity index (χ1v) is 7.73. The normalized spacial score (nSPS) is 11.8. The molecule has 22 heavy (non-hydrogen) atoms. The van der Waals surface area contributed by atoms with Gasteiger partial charge in [0.1, 0.15) is 11.8 Å².